The van der Waals surface area contributed by atoms with Crippen molar-refractivity contribution >= 4 is 78.9 Å². The molecule has 7 heterocycles. The fraction of sp³-hybridized carbons (Fsp3) is 0.492. The monoisotopic (exact) mass is 1210 g/mol. The highest BCUT2D eigenvalue weighted by molar-refractivity contribution is 6.76. The van der Waals surface area contributed by atoms with Crippen molar-refractivity contribution in [2.45, 2.75) is 161 Å². The van der Waals surface area contributed by atoms with Crippen LogP contribution in [0.5, 0.6) is 0 Å². The quantitative estimate of drug-likeness (QED) is 0.0295. The van der Waals surface area contributed by atoms with Gasteiger partial charge in [-0.1, -0.05) is 75.7 Å². The number of pyridine rings is 2. The summed E-state index contributed by atoms with van der Waals surface area (Å²) < 4.78 is 32.8. The Morgan fingerprint density at radius 2 is 1.12 bits per heavy atom. The summed E-state index contributed by atoms with van der Waals surface area (Å²) in [5, 5.41) is 11.4. The first kappa shape index (κ1) is 63.2. The zero-order valence-electron chi connectivity index (χ0n) is 52.6. The van der Waals surface area contributed by atoms with Crippen LogP contribution >= 0.6 is 0 Å². The molecule has 1 aliphatic heterocycles. The number of rotatable bonds is 17. The fourth-order valence-electron chi connectivity index (χ4n) is 10.9. The zero-order chi connectivity index (χ0) is 61.7. The highest BCUT2D eigenvalue weighted by Gasteiger charge is 2.42. The lowest BCUT2D eigenvalue weighted by molar-refractivity contribution is -0.162. The highest BCUT2D eigenvalue weighted by atomic mass is 28.3. The number of anilines is 2. The Labute approximate surface area is 507 Å². The number of para-hydroxylation sites is 2. The van der Waals surface area contributed by atoms with Crippen molar-refractivity contribution in [3.05, 3.63) is 109 Å². The minimum Gasteiger partial charge on any atom is -0.469 e. The molecule has 6 aromatic heterocycles. The second-order valence-corrected chi connectivity index (χ2v) is 38.6. The number of nitrogen functional groups attached to an aromatic ring is 1. The Morgan fingerprint density at radius 1 is 0.616 bits per heavy atom. The van der Waals surface area contributed by atoms with Crippen molar-refractivity contribution in [2.75, 3.05) is 51.0 Å². The Kier molecular flexibility index (Phi) is 19.3. The third kappa shape index (κ3) is 16.0. The van der Waals surface area contributed by atoms with E-state index in [1.807, 2.05) is 125 Å². The number of carbonyl (C=O) groups is 3. The summed E-state index contributed by atoms with van der Waals surface area (Å²) in [5.74, 6) is 0.819. The molecule has 0 radical (unpaired) electrons. The number of piperidine rings is 1. The number of ether oxygens (including phenoxy) is 5. The number of hydrogen-bond acceptors (Lipinski definition) is 16. The van der Waals surface area contributed by atoms with E-state index in [2.05, 4.69) is 66.4 Å². The molecule has 1 saturated carbocycles. The maximum absolute atomic E-state index is 13.8. The fourth-order valence-corrected chi connectivity index (χ4v) is 12.4. The van der Waals surface area contributed by atoms with Crippen LogP contribution in [0.2, 0.25) is 51.4 Å². The molecule has 1 amide bonds. The predicted octanol–water partition coefficient (Wildman–Crippen LogP) is 13.2. The molecule has 86 heavy (non-hydrogen) atoms. The first-order valence-corrected chi connectivity index (χ1v) is 37.6. The molecular weight excluding hydrogens is 1120 g/mol. The number of hydrogen-bond donors (Lipinski definition) is 1. The normalized spacial score (nSPS) is 17.8. The minimum atomic E-state index is -1.33. The highest BCUT2D eigenvalue weighted by Crippen LogP contribution is 2.39. The molecular formula is C65H87N11O8Si2. The van der Waals surface area contributed by atoms with Crippen molar-refractivity contribution in [1.82, 2.24) is 44.1 Å². The van der Waals surface area contributed by atoms with Crippen molar-refractivity contribution in [3.63, 3.8) is 0 Å². The van der Waals surface area contributed by atoms with Gasteiger partial charge in [0.2, 0.25) is 0 Å². The van der Waals surface area contributed by atoms with Crippen LogP contribution < -0.4 is 10.6 Å². The van der Waals surface area contributed by atoms with Gasteiger partial charge < -0.3 is 34.3 Å². The van der Waals surface area contributed by atoms with Crippen LogP contribution in [0.1, 0.15) is 103 Å². The van der Waals surface area contributed by atoms with Gasteiger partial charge in [-0.25, -0.2) is 19.6 Å². The van der Waals surface area contributed by atoms with Gasteiger partial charge in [-0.2, -0.15) is 19.2 Å². The number of fused-ring (bicyclic) bond motifs is 4. The van der Waals surface area contributed by atoms with Gasteiger partial charge in [-0.05, 0) is 116 Å². The summed E-state index contributed by atoms with van der Waals surface area (Å²) >= 11 is 0. The van der Waals surface area contributed by atoms with Gasteiger partial charge in [-0.3, -0.25) is 19.7 Å². The van der Waals surface area contributed by atoms with Gasteiger partial charge in [0.05, 0.1) is 42.1 Å². The SMILES string of the molecule is CC(C)(C)OC(=O)[C@@H]1CC[C@H](c2cc(N(COCC[Si](C)(C)C)COCC[Si](C)(C)C)n3ncc(-c4cnc5ccccc5c4)c3n2)CN1C(=O)OC(C)(C)C.COC(=O)C1CCC(c2cc(N)n3ncc(-c4cnc5ccccc5c4)c3n2)CC1. The summed E-state index contributed by atoms with van der Waals surface area (Å²) in [6.45, 7) is 27.2. The van der Waals surface area contributed by atoms with Gasteiger partial charge in [-0.15, -0.1) is 0 Å². The standard InChI is InChI=1S/C42H64N6O6Si2.C23H23N5O2/c1-41(2,3)53-39(49)36-18-17-31(27-47(36)40(50)54-42(4,5)6)35-24-37(46(28-51-19-21-55(7,8)9)29-52-20-22-56(10,11)12)48-38(45-35)33(26-44-48)32-23-30-15-13-14-16-34(30)43-25-32;1-30-23(29)15-8-6-14(7-9-15)20-11-21(24)28-22(27-20)18(13-26-28)17-10-16-4-2-3-5-19(16)25-12-17/h13-16,23-26,31,36H,17-22,27-29H2,1-12H3;2-5,10-15H,6-9,24H2,1H3/t31-,36-;/m0./s1. The van der Waals surface area contributed by atoms with Gasteiger partial charge in [0.1, 0.15) is 42.3 Å². The Morgan fingerprint density at radius 3 is 1.64 bits per heavy atom. The number of aromatic nitrogens is 8. The zero-order valence-corrected chi connectivity index (χ0v) is 54.6. The smallest absolute Gasteiger partial charge is 0.411 e. The van der Waals surface area contributed by atoms with Crippen LogP contribution in [0.15, 0.2) is 97.6 Å². The second-order valence-electron chi connectivity index (χ2n) is 27.3. The number of amides is 1. The first-order valence-electron chi connectivity index (χ1n) is 30.1. The lowest BCUT2D eigenvalue weighted by Crippen LogP contribution is -2.53. The summed E-state index contributed by atoms with van der Waals surface area (Å²) in [4.78, 5) is 62.4. The van der Waals surface area contributed by atoms with Crippen LogP contribution in [0.4, 0.5) is 16.4 Å². The number of likely N-dealkylation sites (tertiary alicyclic amines) is 1. The number of methoxy groups -OCH3 is 1. The minimum absolute atomic E-state index is 0.0125. The van der Waals surface area contributed by atoms with Gasteiger partial charge >= 0.3 is 18.0 Å². The maximum atomic E-state index is 13.8. The lowest BCUT2D eigenvalue weighted by atomic mass is 9.80. The van der Waals surface area contributed by atoms with Gasteiger partial charge in [0.25, 0.3) is 0 Å². The first-order chi connectivity index (χ1) is 40.7. The molecule has 8 aromatic rings. The molecule has 19 nitrogen and oxygen atoms in total. The Balaban J connectivity index is 0.000000245. The predicted molar refractivity (Wildman–Crippen MR) is 344 cm³/mol. The van der Waals surface area contributed by atoms with E-state index in [0.717, 1.165) is 105 Å². The summed E-state index contributed by atoms with van der Waals surface area (Å²) in [7, 11) is -1.20. The molecule has 458 valence electrons. The van der Waals surface area contributed by atoms with E-state index in [1.54, 1.807) is 10.7 Å². The molecule has 1 aliphatic carbocycles. The molecule has 0 spiro atoms. The third-order valence-corrected chi connectivity index (χ3v) is 19.0. The average molecular weight is 1210 g/mol. The van der Waals surface area contributed by atoms with Crippen LogP contribution in [-0.4, -0.2) is 136 Å². The number of carbonyl (C=O) groups excluding carboxylic acids is 3. The Hall–Kier alpha value is -7.34. The van der Waals surface area contributed by atoms with Crippen molar-refractivity contribution in [3.8, 4) is 22.3 Å². The lowest BCUT2D eigenvalue weighted by Gasteiger charge is -2.39. The summed E-state index contributed by atoms with van der Waals surface area (Å²) in [5.41, 5.74) is 13.4. The molecule has 10 rings (SSSR count). The van der Waals surface area contributed by atoms with Gasteiger partial charge in [0.15, 0.2) is 11.3 Å². The van der Waals surface area contributed by atoms with Crippen LogP contribution in [-0.2, 0) is 33.3 Å². The van der Waals surface area contributed by atoms with E-state index in [1.165, 1.54) is 12.0 Å². The second kappa shape index (κ2) is 26.3. The van der Waals surface area contributed by atoms with Crippen molar-refractivity contribution in [2.24, 2.45) is 5.92 Å². The van der Waals surface area contributed by atoms with E-state index in [-0.39, 0.29) is 30.3 Å². The van der Waals surface area contributed by atoms with Crippen molar-refractivity contribution < 1.29 is 38.1 Å². The summed E-state index contributed by atoms with van der Waals surface area (Å²) in [6, 6.07) is 25.5. The molecule has 2 N–H and O–H groups in total. The molecule has 2 aromatic carbocycles. The van der Waals surface area contributed by atoms with E-state index in [4.69, 9.17) is 49.5 Å². The molecule has 0 bridgehead atoms. The Bertz CT molecular complexity index is 3660. The number of nitrogens with zero attached hydrogens (tertiary/aromatic N) is 10. The van der Waals surface area contributed by atoms with Crippen LogP contribution in [0, 0.1) is 5.92 Å². The number of esters is 2. The molecule has 2 fully saturated rings. The molecule has 0 unspecified atom stereocenters. The van der Waals surface area contributed by atoms with E-state index in [0.29, 0.717) is 51.0 Å². The molecule has 1 saturated heterocycles. The van der Waals surface area contributed by atoms with E-state index >= 15 is 0 Å². The largest absolute Gasteiger partial charge is 0.469 e. The van der Waals surface area contributed by atoms with Gasteiger partial charge in [0, 0.05) is 111 Å². The van der Waals surface area contributed by atoms with Crippen LogP contribution in [0.3, 0.4) is 0 Å². The number of benzene rings is 2. The molecule has 2 atom stereocenters. The molecule has 2 aliphatic rings. The summed E-state index contributed by atoms with van der Waals surface area (Å²) in [6.07, 6.45) is 11.2. The topological polar surface area (TPSA) is 216 Å². The van der Waals surface area contributed by atoms with E-state index in [9.17, 15) is 14.4 Å². The third-order valence-electron chi connectivity index (χ3n) is 15.6. The van der Waals surface area contributed by atoms with Crippen molar-refractivity contribution in [1.29, 1.82) is 0 Å². The number of nitrogens with two attached hydrogens (primary N) is 1. The molecule has 21 heteroatoms. The van der Waals surface area contributed by atoms with E-state index < -0.39 is 45.5 Å². The average Bonchev–Trinajstić information content (AvgIpc) is 1.75. The van der Waals surface area contributed by atoms with Crippen LogP contribution in [0.25, 0.3) is 55.4 Å². The maximum Gasteiger partial charge on any atom is 0.411 e.